The van der Waals surface area contributed by atoms with E-state index in [0.29, 0.717) is 17.1 Å². The van der Waals surface area contributed by atoms with Crippen LogP contribution in [0.4, 0.5) is 0 Å². The third kappa shape index (κ3) is 2.31. The molecule has 2 aliphatic rings. The Morgan fingerprint density at radius 3 is 2.58 bits per heavy atom. The van der Waals surface area contributed by atoms with Gasteiger partial charge in [-0.05, 0) is 43.7 Å². The molecule has 0 saturated heterocycles. The van der Waals surface area contributed by atoms with E-state index in [1.165, 1.54) is 0 Å². The Labute approximate surface area is 140 Å². The van der Waals surface area contributed by atoms with Gasteiger partial charge < -0.3 is 14.6 Å². The third-order valence-electron chi connectivity index (χ3n) is 4.37. The molecular formula is C20H18O4. The third-order valence-corrected chi connectivity index (χ3v) is 4.37. The van der Waals surface area contributed by atoms with Gasteiger partial charge >= 0.3 is 0 Å². The number of carbonyl (C=O) groups excluding carboxylic acids is 1. The summed E-state index contributed by atoms with van der Waals surface area (Å²) in [7, 11) is 0. The monoisotopic (exact) mass is 322 g/mol. The van der Waals surface area contributed by atoms with Crippen molar-refractivity contribution in [2.24, 2.45) is 0 Å². The number of benzene rings is 2. The van der Waals surface area contributed by atoms with Gasteiger partial charge in [0.15, 0.2) is 18.0 Å². The maximum atomic E-state index is 12.6. The summed E-state index contributed by atoms with van der Waals surface area (Å²) in [5.74, 6) is 0.826. The van der Waals surface area contributed by atoms with Gasteiger partial charge in [-0.1, -0.05) is 30.3 Å². The molecule has 0 aliphatic carbocycles. The minimum Gasteiger partial charge on any atom is -0.483 e. The predicted octanol–water partition coefficient (Wildman–Crippen LogP) is 3.55. The molecule has 24 heavy (non-hydrogen) atoms. The molecule has 0 radical (unpaired) electrons. The molecule has 0 unspecified atom stereocenters. The second kappa shape index (κ2) is 5.21. The lowest BCUT2D eigenvalue weighted by molar-refractivity contribution is 0.0212. The van der Waals surface area contributed by atoms with Crippen molar-refractivity contribution in [1.29, 1.82) is 0 Å². The van der Waals surface area contributed by atoms with Gasteiger partial charge in [-0.25, -0.2) is 0 Å². The molecule has 0 spiro atoms. The van der Waals surface area contributed by atoms with Gasteiger partial charge in [0.2, 0.25) is 0 Å². The lowest BCUT2D eigenvalue weighted by Gasteiger charge is -2.34. The average molecular weight is 322 g/mol. The number of carbonyl (C=O) groups is 1. The lowest BCUT2D eigenvalue weighted by Crippen LogP contribution is -2.37. The Kier molecular flexibility index (Phi) is 3.25. The molecule has 0 saturated carbocycles. The molecule has 0 amide bonds. The zero-order chi connectivity index (χ0) is 16.9. The molecule has 4 heteroatoms. The summed E-state index contributed by atoms with van der Waals surface area (Å²) < 4.78 is 12.0. The van der Waals surface area contributed by atoms with Crippen LogP contribution < -0.4 is 9.47 Å². The first kappa shape index (κ1) is 15.0. The molecule has 0 fully saturated rings. The fraction of sp³-hybridized carbons (Fsp3) is 0.250. The number of fused-ring (bicyclic) bond motifs is 3. The van der Waals surface area contributed by atoms with Gasteiger partial charge in [0.1, 0.15) is 17.1 Å². The highest BCUT2D eigenvalue weighted by molar-refractivity contribution is 6.04. The molecule has 2 heterocycles. The molecule has 0 bridgehead atoms. The fourth-order valence-electron chi connectivity index (χ4n) is 3.13. The highest BCUT2D eigenvalue weighted by Gasteiger charge is 2.39. The highest BCUT2D eigenvalue weighted by atomic mass is 16.5. The van der Waals surface area contributed by atoms with E-state index in [4.69, 9.17) is 9.47 Å². The largest absolute Gasteiger partial charge is 0.483 e. The van der Waals surface area contributed by atoms with Crippen molar-refractivity contribution in [3.63, 3.8) is 0 Å². The molecular weight excluding hydrogens is 304 g/mol. The summed E-state index contributed by atoms with van der Waals surface area (Å²) in [4.78, 5) is 12.6. The van der Waals surface area contributed by atoms with Crippen LogP contribution in [0.25, 0.3) is 6.08 Å². The molecule has 2 aromatic rings. The molecule has 0 aromatic heterocycles. The molecule has 2 aliphatic heterocycles. The Bertz CT molecular complexity index is 836. The Morgan fingerprint density at radius 1 is 1.08 bits per heavy atom. The maximum absolute atomic E-state index is 12.6. The summed E-state index contributed by atoms with van der Waals surface area (Å²) in [5, 5.41) is 10.4. The average Bonchev–Trinajstić information content (AvgIpc) is 2.57. The maximum Gasteiger partial charge on any atom is 0.199 e. The van der Waals surface area contributed by atoms with Crippen molar-refractivity contribution in [3.8, 4) is 11.5 Å². The summed E-state index contributed by atoms with van der Waals surface area (Å²) in [6.07, 6.45) is 1.92. The van der Waals surface area contributed by atoms with E-state index in [2.05, 4.69) is 0 Å². The van der Waals surface area contributed by atoms with Gasteiger partial charge in [0.05, 0.1) is 11.1 Å². The number of aliphatic hydroxyl groups is 1. The number of aliphatic hydroxyl groups excluding tert-OH is 1. The predicted molar refractivity (Wildman–Crippen MR) is 90.3 cm³/mol. The van der Waals surface area contributed by atoms with Crippen molar-refractivity contribution in [3.05, 3.63) is 65.2 Å². The van der Waals surface area contributed by atoms with E-state index in [1.807, 2.05) is 56.3 Å². The van der Waals surface area contributed by atoms with Gasteiger partial charge in [-0.2, -0.15) is 0 Å². The first-order valence-corrected chi connectivity index (χ1v) is 7.95. The van der Waals surface area contributed by atoms with Crippen molar-refractivity contribution < 1.29 is 19.4 Å². The van der Waals surface area contributed by atoms with Crippen LogP contribution in [-0.4, -0.2) is 22.6 Å². The van der Waals surface area contributed by atoms with Crippen molar-refractivity contribution in [2.75, 3.05) is 0 Å². The van der Waals surface area contributed by atoms with Crippen molar-refractivity contribution in [1.82, 2.24) is 0 Å². The Morgan fingerprint density at radius 2 is 1.83 bits per heavy atom. The SMILES string of the molecule is CC1(C)C=Cc2c(ccc3c2O[C@@H](c2ccccc2)[C@H](O)C3=O)O1. The molecule has 2 aromatic carbocycles. The van der Waals surface area contributed by atoms with Crippen molar-refractivity contribution >= 4 is 11.9 Å². The van der Waals surface area contributed by atoms with E-state index in [0.717, 1.165) is 11.1 Å². The van der Waals surface area contributed by atoms with E-state index >= 15 is 0 Å². The summed E-state index contributed by atoms with van der Waals surface area (Å²) in [5.41, 5.74) is 1.50. The number of hydrogen-bond acceptors (Lipinski definition) is 4. The Balaban J connectivity index is 1.83. The van der Waals surface area contributed by atoms with Crippen LogP contribution in [0.3, 0.4) is 0 Å². The molecule has 4 rings (SSSR count). The first-order chi connectivity index (χ1) is 11.5. The van der Waals surface area contributed by atoms with Gasteiger partial charge in [-0.15, -0.1) is 0 Å². The number of Topliss-reactive ketones (excluding diaryl/α,β-unsaturated/α-hetero) is 1. The van der Waals surface area contributed by atoms with E-state index in [9.17, 15) is 9.90 Å². The normalized spacial score (nSPS) is 23.7. The summed E-state index contributed by atoms with van der Waals surface area (Å²) >= 11 is 0. The second-order valence-electron chi connectivity index (χ2n) is 6.65. The topological polar surface area (TPSA) is 55.8 Å². The van der Waals surface area contributed by atoms with Gasteiger partial charge in [0.25, 0.3) is 0 Å². The molecule has 1 N–H and O–H groups in total. The van der Waals surface area contributed by atoms with Crippen LogP contribution in [0.2, 0.25) is 0 Å². The highest BCUT2D eigenvalue weighted by Crippen LogP contribution is 2.44. The van der Waals surface area contributed by atoms with Crippen LogP contribution in [0, 0.1) is 0 Å². The smallest absolute Gasteiger partial charge is 0.199 e. The van der Waals surface area contributed by atoms with E-state index in [1.54, 1.807) is 12.1 Å². The van der Waals surface area contributed by atoms with Gasteiger partial charge in [0, 0.05) is 0 Å². The molecule has 2 atom stereocenters. The minimum absolute atomic E-state index is 0.328. The zero-order valence-electron chi connectivity index (χ0n) is 13.5. The first-order valence-electron chi connectivity index (χ1n) is 7.95. The number of rotatable bonds is 1. The molecule has 122 valence electrons. The summed E-state index contributed by atoms with van der Waals surface area (Å²) in [6, 6.07) is 12.7. The molecule has 4 nitrogen and oxygen atoms in total. The van der Waals surface area contributed by atoms with Crippen LogP contribution >= 0.6 is 0 Å². The number of ketones is 1. The minimum atomic E-state index is -1.22. The quantitative estimate of drug-likeness (QED) is 0.872. The van der Waals surface area contributed by atoms with Crippen LogP contribution in [0.5, 0.6) is 11.5 Å². The number of ether oxygens (including phenoxy) is 2. The standard InChI is InChI=1S/C20H18O4/c1-20(2)11-10-13-15(24-20)9-8-14-16(21)17(22)18(23-19(13)14)12-6-4-3-5-7-12/h3-11,17-18,22H,1-2H3/t17-,18+/m1/s1. The Hall–Kier alpha value is -2.59. The van der Waals surface area contributed by atoms with E-state index in [-0.39, 0.29) is 5.78 Å². The van der Waals surface area contributed by atoms with Gasteiger partial charge in [-0.3, -0.25) is 4.79 Å². The fourth-order valence-corrected chi connectivity index (χ4v) is 3.13. The van der Waals surface area contributed by atoms with Crippen LogP contribution in [0.1, 0.15) is 41.4 Å². The summed E-state index contributed by atoms with van der Waals surface area (Å²) in [6.45, 7) is 3.93. The zero-order valence-corrected chi connectivity index (χ0v) is 13.5. The van der Waals surface area contributed by atoms with Crippen LogP contribution in [0.15, 0.2) is 48.5 Å². The number of hydrogen-bond donors (Lipinski definition) is 1. The second-order valence-corrected chi connectivity index (χ2v) is 6.65. The van der Waals surface area contributed by atoms with Crippen molar-refractivity contribution in [2.45, 2.75) is 31.7 Å². The lowest BCUT2D eigenvalue weighted by atomic mass is 9.90. The van der Waals surface area contributed by atoms with Crippen LogP contribution in [-0.2, 0) is 0 Å². The van der Waals surface area contributed by atoms with E-state index < -0.39 is 17.8 Å².